The number of nitrogens with one attached hydrogen (secondary N) is 2. The van der Waals surface area contributed by atoms with Gasteiger partial charge >= 0.3 is 0 Å². The molecule has 1 aromatic heterocycles. The van der Waals surface area contributed by atoms with Crippen LogP contribution in [0.3, 0.4) is 0 Å². The number of carbonyl (C=O) groups excluding carboxylic acids is 1. The predicted molar refractivity (Wildman–Crippen MR) is 90.4 cm³/mol. The van der Waals surface area contributed by atoms with Crippen molar-refractivity contribution in [2.24, 2.45) is 0 Å². The van der Waals surface area contributed by atoms with Gasteiger partial charge in [0.25, 0.3) is 5.91 Å². The minimum absolute atomic E-state index is 0.0584. The first kappa shape index (κ1) is 15.8. The number of anilines is 1. The average molecular weight is 331 g/mol. The second kappa shape index (κ2) is 7.03. The van der Waals surface area contributed by atoms with E-state index in [1.165, 1.54) is 0 Å². The summed E-state index contributed by atoms with van der Waals surface area (Å²) < 4.78 is 5.38. The van der Waals surface area contributed by atoms with Crippen LogP contribution in [0.2, 0.25) is 0 Å². The molecule has 0 radical (unpaired) electrons. The lowest BCUT2D eigenvalue weighted by Crippen LogP contribution is -2.37. The van der Waals surface area contributed by atoms with Crippen LogP contribution < -0.4 is 10.6 Å². The molecule has 4 rings (SSSR count). The highest BCUT2D eigenvalue weighted by atomic mass is 16.5. The molecule has 1 amide bonds. The molecule has 7 heteroatoms. The van der Waals surface area contributed by atoms with E-state index in [0.29, 0.717) is 18.2 Å². The van der Waals surface area contributed by atoms with Crippen LogP contribution in [0.5, 0.6) is 0 Å². The van der Waals surface area contributed by atoms with Crippen LogP contribution in [0.25, 0.3) is 0 Å². The summed E-state index contributed by atoms with van der Waals surface area (Å²) in [5.41, 5.74) is 1.56. The van der Waals surface area contributed by atoms with Crippen molar-refractivity contribution in [2.75, 3.05) is 51.3 Å². The van der Waals surface area contributed by atoms with Crippen molar-refractivity contribution in [2.45, 2.75) is 31.6 Å². The number of nitrogens with zero attached hydrogens (tertiary/aromatic N) is 3. The molecule has 0 bridgehead atoms. The average Bonchev–Trinajstić information content (AvgIpc) is 3.45. The fourth-order valence-electron chi connectivity index (χ4n) is 3.32. The third-order valence-electron chi connectivity index (χ3n) is 4.89. The third kappa shape index (κ3) is 3.52. The molecule has 3 heterocycles. The highest BCUT2D eigenvalue weighted by molar-refractivity contribution is 5.96. The molecule has 7 nitrogen and oxygen atoms in total. The van der Waals surface area contributed by atoms with Crippen LogP contribution in [-0.2, 0) is 11.2 Å². The first-order valence-corrected chi connectivity index (χ1v) is 9.04. The third-order valence-corrected chi connectivity index (χ3v) is 4.89. The van der Waals surface area contributed by atoms with E-state index in [9.17, 15) is 4.79 Å². The quantitative estimate of drug-likeness (QED) is 0.750. The van der Waals surface area contributed by atoms with E-state index >= 15 is 0 Å². The summed E-state index contributed by atoms with van der Waals surface area (Å²) in [6, 6.07) is 0. The Morgan fingerprint density at radius 1 is 1.25 bits per heavy atom. The van der Waals surface area contributed by atoms with E-state index in [0.717, 1.165) is 82.3 Å². The van der Waals surface area contributed by atoms with Crippen molar-refractivity contribution >= 4 is 11.7 Å². The molecule has 1 saturated heterocycles. The summed E-state index contributed by atoms with van der Waals surface area (Å²) in [7, 11) is 0. The molecular formula is C17H25N5O2. The number of morpholine rings is 1. The normalized spacial score (nSPS) is 21.2. The van der Waals surface area contributed by atoms with E-state index in [4.69, 9.17) is 9.72 Å². The molecule has 3 aliphatic rings. The van der Waals surface area contributed by atoms with Crippen LogP contribution >= 0.6 is 0 Å². The molecule has 0 unspecified atom stereocenters. The molecule has 24 heavy (non-hydrogen) atoms. The summed E-state index contributed by atoms with van der Waals surface area (Å²) in [4.78, 5) is 23.8. The van der Waals surface area contributed by atoms with E-state index in [2.05, 4.69) is 20.5 Å². The summed E-state index contributed by atoms with van der Waals surface area (Å²) in [6.45, 7) is 6.33. The van der Waals surface area contributed by atoms with Crippen LogP contribution in [0, 0.1) is 0 Å². The monoisotopic (exact) mass is 331 g/mol. The number of rotatable bonds is 6. The first-order valence-electron chi connectivity index (χ1n) is 9.04. The largest absolute Gasteiger partial charge is 0.379 e. The van der Waals surface area contributed by atoms with Crippen LogP contribution in [-0.4, -0.2) is 66.7 Å². The maximum Gasteiger partial charge on any atom is 0.270 e. The molecule has 0 spiro atoms. The van der Waals surface area contributed by atoms with Gasteiger partial charge in [-0.05, 0) is 32.2 Å². The van der Waals surface area contributed by atoms with Crippen molar-refractivity contribution in [1.82, 2.24) is 20.2 Å². The maximum absolute atomic E-state index is 12.1. The Bertz CT molecular complexity index is 611. The Labute approximate surface area is 142 Å². The Morgan fingerprint density at radius 3 is 2.88 bits per heavy atom. The highest BCUT2D eigenvalue weighted by Gasteiger charge is 2.31. The molecule has 1 aliphatic carbocycles. The molecule has 130 valence electrons. The summed E-state index contributed by atoms with van der Waals surface area (Å²) in [5.74, 6) is 2.09. The summed E-state index contributed by atoms with van der Waals surface area (Å²) >= 11 is 0. The number of fused-ring (bicyclic) bond motifs is 1. The highest BCUT2D eigenvalue weighted by Crippen LogP contribution is 2.39. The van der Waals surface area contributed by atoms with Crippen LogP contribution in [0.15, 0.2) is 0 Å². The Kier molecular flexibility index (Phi) is 4.62. The van der Waals surface area contributed by atoms with Gasteiger partial charge in [-0.1, -0.05) is 0 Å². The molecule has 2 fully saturated rings. The van der Waals surface area contributed by atoms with Gasteiger partial charge in [-0.2, -0.15) is 0 Å². The summed E-state index contributed by atoms with van der Waals surface area (Å²) in [5, 5.41) is 6.35. The zero-order valence-electron chi connectivity index (χ0n) is 14.0. The van der Waals surface area contributed by atoms with Crippen molar-refractivity contribution in [3.63, 3.8) is 0 Å². The molecule has 0 atom stereocenters. The lowest BCUT2D eigenvalue weighted by Gasteiger charge is -2.26. The van der Waals surface area contributed by atoms with Gasteiger partial charge in [0, 0.05) is 37.7 Å². The number of amides is 1. The Hall–Kier alpha value is -1.73. The van der Waals surface area contributed by atoms with Crippen molar-refractivity contribution < 1.29 is 9.53 Å². The van der Waals surface area contributed by atoms with Crippen LogP contribution in [0.1, 0.15) is 47.1 Å². The van der Waals surface area contributed by atoms with E-state index < -0.39 is 0 Å². The fraction of sp³-hybridized carbons (Fsp3) is 0.706. The van der Waals surface area contributed by atoms with Gasteiger partial charge < -0.3 is 15.4 Å². The number of carbonyl (C=O) groups is 1. The zero-order chi connectivity index (χ0) is 16.4. The summed E-state index contributed by atoms with van der Waals surface area (Å²) in [6.07, 6.45) is 4.13. The number of ether oxygens (including phenoxy) is 1. The first-order chi connectivity index (χ1) is 11.8. The SMILES string of the molecule is O=C1NCCc2c(NCCCN3CCOCC3)nc(C3CC3)nc21. The van der Waals surface area contributed by atoms with Gasteiger partial charge in [-0.15, -0.1) is 0 Å². The molecule has 2 N–H and O–H groups in total. The fourth-order valence-corrected chi connectivity index (χ4v) is 3.32. The van der Waals surface area contributed by atoms with E-state index in [-0.39, 0.29) is 5.91 Å². The van der Waals surface area contributed by atoms with E-state index in [1.54, 1.807) is 0 Å². The predicted octanol–water partition coefficient (Wildman–Crippen LogP) is 0.774. The standard InChI is InChI=1S/C17H25N5O2/c23-17-14-13(4-6-19-17)16(21-15(20-14)12-2-3-12)18-5-1-7-22-8-10-24-11-9-22/h12H,1-11H2,(H,19,23)(H,18,20,21). The van der Waals surface area contributed by atoms with Gasteiger partial charge in [0.15, 0.2) is 0 Å². The minimum atomic E-state index is -0.0584. The topological polar surface area (TPSA) is 79.4 Å². The number of hydrogen-bond donors (Lipinski definition) is 2. The smallest absolute Gasteiger partial charge is 0.270 e. The molecule has 2 aliphatic heterocycles. The van der Waals surface area contributed by atoms with Crippen LogP contribution in [0.4, 0.5) is 5.82 Å². The second-order valence-corrected chi connectivity index (χ2v) is 6.77. The Morgan fingerprint density at radius 2 is 2.08 bits per heavy atom. The van der Waals surface area contributed by atoms with Gasteiger partial charge in [0.1, 0.15) is 17.3 Å². The van der Waals surface area contributed by atoms with Gasteiger partial charge in [0.05, 0.1) is 13.2 Å². The maximum atomic E-state index is 12.1. The Balaban J connectivity index is 1.40. The lowest BCUT2D eigenvalue weighted by atomic mass is 10.1. The lowest BCUT2D eigenvalue weighted by molar-refractivity contribution is 0.0378. The van der Waals surface area contributed by atoms with Gasteiger partial charge in [-0.3, -0.25) is 9.69 Å². The van der Waals surface area contributed by atoms with Crippen molar-refractivity contribution in [3.8, 4) is 0 Å². The molecule has 1 saturated carbocycles. The molecule has 0 aromatic carbocycles. The van der Waals surface area contributed by atoms with Crippen molar-refractivity contribution in [3.05, 3.63) is 17.1 Å². The van der Waals surface area contributed by atoms with Gasteiger partial charge in [0.2, 0.25) is 0 Å². The minimum Gasteiger partial charge on any atom is -0.379 e. The number of hydrogen-bond acceptors (Lipinski definition) is 6. The van der Waals surface area contributed by atoms with E-state index in [1.807, 2.05) is 0 Å². The van der Waals surface area contributed by atoms with Gasteiger partial charge in [-0.25, -0.2) is 9.97 Å². The number of aromatic nitrogens is 2. The zero-order valence-corrected chi connectivity index (χ0v) is 14.0. The second-order valence-electron chi connectivity index (χ2n) is 6.77. The molecule has 1 aromatic rings. The molecular weight excluding hydrogens is 306 g/mol. The van der Waals surface area contributed by atoms with Crippen molar-refractivity contribution in [1.29, 1.82) is 0 Å².